The quantitative estimate of drug-likeness (QED) is 0.757. The molecule has 0 unspecified atom stereocenters. The van der Waals surface area contributed by atoms with Crippen molar-refractivity contribution in [2.75, 3.05) is 38.2 Å². The Balaban J connectivity index is 1.66. The maximum atomic E-state index is 12.7. The number of ether oxygens (including phenoxy) is 2. The van der Waals surface area contributed by atoms with Gasteiger partial charge in [0.2, 0.25) is 5.91 Å². The van der Waals surface area contributed by atoms with Gasteiger partial charge >= 0.3 is 0 Å². The molecule has 2 aromatic rings. The molecule has 27 heavy (non-hydrogen) atoms. The number of nitrogens with one attached hydrogen (secondary N) is 1. The van der Waals surface area contributed by atoms with Crippen LogP contribution in [0.5, 0.6) is 5.75 Å². The predicted molar refractivity (Wildman–Crippen MR) is 104 cm³/mol. The summed E-state index contributed by atoms with van der Waals surface area (Å²) in [6.07, 6.45) is 0.101. The first-order valence-corrected chi connectivity index (χ1v) is 10.9. The van der Waals surface area contributed by atoms with Gasteiger partial charge in [0.1, 0.15) is 9.96 Å². The Bertz CT molecular complexity index is 889. The number of nitrogens with zero attached hydrogens (tertiary/aromatic N) is 1. The standard InChI is InChI=1S/C18H22N2O5S2/c1-2-25-16-6-4-3-5-15(16)19-17(21)13-14-7-8-18(26-14)27(22,23)20-9-11-24-12-10-20/h3-8H,2,9-13H2,1H3,(H,19,21). The third-order valence-corrected chi connectivity index (χ3v) is 7.45. The number of morpholine rings is 1. The lowest BCUT2D eigenvalue weighted by atomic mass is 10.2. The van der Waals surface area contributed by atoms with Crippen molar-refractivity contribution in [1.82, 2.24) is 4.31 Å². The Morgan fingerprint density at radius 2 is 1.96 bits per heavy atom. The summed E-state index contributed by atoms with van der Waals surface area (Å²) in [4.78, 5) is 13.1. The molecule has 9 heteroatoms. The average molecular weight is 411 g/mol. The fourth-order valence-corrected chi connectivity index (χ4v) is 5.63. The Morgan fingerprint density at radius 1 is 1.22 bits per heavy atom. The van der Waals surface area contributed by atoms with E-state index in [2.05, 4.69) is 5.32 Å². The molecule has 0 radical (unpaired) electrons. The molecule has 1 amide bonds. The molecule has 146 valence electrons. The van der Waals surface area contributed by atoms with Gasteiger partial charge in [0.25, 0.3) is 10.0 Å². The SMILES string of the molecule is CCOc1ccccc1NC(=O)Cc1ccc(S(=O)(=O)N2CCOCC2)s1. The molecule has 1 aromatic heterocycles. The first kappa shape index (κ1) is 19.8. The second-order valence-corrected chi connectivity index (χ2v) is 9.22. The van der Waals surface area contributed by atoms with E-state index in [9.17, 15) is 13.2 Å². The maximum absolute atomic E-state index is 12.7. The van der Waals surface area contributed by atoms with Crippen LogP contribution < -0.4 is 10.1 Å². The summed E-state index contributed by atoms with van der Waals surface area (Å²) in [5, 5.41) is 2.82. The van der Waals surface area contributed by atoms with E-state index in [0.29, 0.717) is 49.2 Å². The molecule has 3 rings (SSSR count). The predicted octanol–water partition coefficient (Wildman–Crippen LogP) is 2.35. The van der Waals surface area contributed by atoms with Crippen molar-refractivity contribution < 1.29 is 22.7 Å². The van der Waals surface area contributed by atoms with Gasteiger partial charge in [-0.2, -0.15) is 4.31 Å². The molecule has 0 saturated carbocycles. The zero-order valence-corrected chi connectivity index (χ0v) is 16.6. The summed E-state index contributed by atoms with van der Waals surface area (Å²) in [6.45, 7) is 3.88. The number of thiophene rings is 1. The Hall–Kier alpha value is -1.94. The van der Waals surface area contributed by atoms with Crippen molar-refractivity contribution in [2.45, 2.75) is 17.6 Å². The number of anilines is 1. The molecule has 0 atom stereocenters. The van der Waals surface area contributed by atoms with Gasteiger partial charge in [0, 0.05) is 18.0 Å². The van der Waals surface area contributed by atoms with E-state index >= 15 is 0 Å². The van der Waals surface area contributed by atoms with E-state index < -0.39 is 10.0 Å². The number of hydrogen-bond acceptors (Lipinski definition) is 6. The lowest BCUT2D eigenvalue weighted by molar-refractivity contribution is -0.115. The van der Waals surface area contributed by atoms with Crippen LogP contribution in [0.3, 0.4) is 0 Å². The van der Waals surface area contributed by atoms with Gasteiger partial charge in [-0.05, 0) is 31.2 Å². The van der Waals surface area contributed by atoms with Crippen LogP contribution in [0.1, 0.15) is 11.8 Å². The summed E-state index contributed by atoms with van der Waals surface area (Å²) in [5.74, 6) is 0.384. The number of benzene rings is 1. The largest absolute Gasteiger partial charge is 0.492 e. The van der Waals surface area contributed by atoms with E-state index in [0.717, 1.165) is 11.3 Å². The average Bonchev–Trinajstić information content (AvgIpc) is 3.13. The highest BCUT2D eigenvalue weighted by atomic mass is 32.2. The molecule has 1 N–H and O–H groups in total. The molecule has 1 aliphatic heterocycles. The summed E-state index contributed by atoms with van der Waals surface area (Å²) < 4.78 is 37.7. The Morgan fingerprint density at radius 3 is 2.70 bits per heavy atom. The van der Waals surface area contributed by atoms with Crippen molar-refractivity contribution in [2.24, 2.45) is 0 Å². The normalized spacial score (nSPS) is 15.4. The molecule has 0 bridgehead atoms. The van der Waals surface area contributed by atoms with Gasteiger partial charge in [-0.25, -0.2) is 8.42 Å². The highest BCUT2D eigenvalue weighted by Crippen LogP contribution is 2.27. The zero-order chi connectivity index (χ0) is 19.3. The third-order valence-electron chi connectivity index (χ3n) is 4.00. The van der Waals surface area contributed by atoms with Crippen LogP contribution in [0.2, 0.25) is 0 Å². The molecular weight excluding hydrogens is 388 g/mol. The molecular formula is C18H22N2O5S2. The van der Waals surface area contributed by atoms with E-state index in [1.54, 1.807) is 24.3 Å². The summed E-state index contributed by atoms with van der Waals surface area (Å²) in [7, 11) is -3.53. The summed E-state index contributed by atoms with van der Waals surface area (Å²) in [6, 6.07) is 10.5. The van der Waals surface area contributed by atoms with Gasteiger partial charge < -0.3 is 14.8 Å². The number of hydrogen-bond donors (Lipinski definition) is 1. The minimum atomic E-state index is -3.53. The second-order valence-electron chi connectivity index (χ2n) is 5.89. The molecule has 1 aromatic carbocycles. The first-order chi connectivity index (χ1) is 13.0. The van der Waals surface area contributed by atoms with E-state index in [1.807, 2.05) is 19.1 Å². The van der Waals surface area contributed by atoms with Gasteiger partial charge in [-0.3, -0.25) is 4.79 Å². The van der Waals surface area contributed by atoms with Crippen molar-refractivity contribution in [3.63, 3.8) is 0 Å². The molecule has 1 aliphatic rings. The van der Waals surface area contributed by atoms with Crippen LogP contribution in [0, 0.1) is 0 Å². The lowest BCUT2D eigenvalue weighted by Gasteiger charge is -2.25. The first-order valence-electron chi connectivity index (χ1n) is 8.69. The van der Waals surface area contributed by atoms with Crippen LogP contribution in [0.25, 0.3) is 0 Å². The van der Waals surface area contributed by atoms with Crippen LogP contribution in [-0.2, 0) is 26.0 Å². The van der Waals surface area contributed by atoms with E-state index in [-0.39, 0.29) is 16.5 Å². The van der Waals surface area contributed by atoms with Crippen molar-refractivity contribution in [3.05, 3.63) is 41.3 Å². The highest BCUT2D eigenvalue weighted by molar-refractivity contribution is 7.91. The zero-order valence-electron chi connectivity index (χ0n) is 15.0. The molecule has 1 saturated heterocycles. The van der Waals surface area contributed by atoms with Crippen molar-refractivity contribution in [3.8, 4) is 5.75 Å². The maximum Gasteiger partial charge on any atom is 0.252 e. The minimum absolute atomic E-state index is 0.101. The number of carbonyl (C=O) groups excluding carboxylic acids is 1. The molecule has 0 spiro atoms. The second kappa shape index (κ2) is 8.83. The molecule has 7 nitrogen and oxygen atoms in total. The monoisotopic (exact) mass is 410 g/mol. The van der Waals surface area contributed by atoms with Crippen LogP contribution in [0.4, 0.5) is 5.69 Å². The third kappa shape index (κ3) is 4.86. The van der Waals surface area contributed by atoms with Crippen LogP contribution in [0.15, 0.2) is 40.6 Å². The number of rotatable bonds is 7. The van der Waals surface area contributed by atoms with Gasteiger partial charge in [0.15, 0.2) is 0 Å². The lowest BCUT2D eigenvalue weighted by Crippen LogP contribution is -2.40. The number of amides is 1. The van der Waals surface area contributed by atoms with Crippen molar-refractivity contribution >= 4 is 33.0 Å². The van der Waals surface area contributed by atoms with Crippen LogP contribution >= 0.6 is 11.3 Å². The van der Waals surface area contributed by atoms with Crippen LogP contribution in [-0.4, -0.2) is 51.5 Å². The molecule has 0 aliphatic carbocycles. The Kier molecular flexibility index (Phi) is 6.48. The van der Waals surface area contributed by atoms with E-state index in [1.165, 1.54) is 4.31 Å². The number of para-hydroxylation sites is 2. The Labute approximate surface area is 163 Å². The smallest absolute Gasteiger partial charge is 0.252 e. The van der Waals surface area contributed by atoms with Crippen molar-refractivity contribution in [1.29, 1.82) is 0 Å². The van der Waals surface area contributed by atoms with E-state index in [4.69, 9.17) is 9.47 Å². The van der Waals surface area contributed by atoms with Gasteiger partial charge in [-0.1, -0.05) is 12.1 Å². The number of sulfonamides is 1. The minimum Gasteiger partial charge on any atom is -0.492 e. The van der Waals surface area contributed by atoms with Gasteiger partial charge in [0.05, 0.1) is 31.9 Å². The summed E-state index contributed by atoms with van der Waals surface area (Å²) in [5.41, 5.74) is 0.599. The number of carbonyl (C=O) groups is 1. The highest BCUT2D eigenvalue weighted by Gasteiger charge is 2.27. The fraction of sp³-hybridized carbons (Fsp3) is 0.389. The van der Waals surface area contributed by atoms with Gasteiger partial charge in [-0.15, -0.1) is 11.3 Å². The molecule has 2 heterocycles. The topological polar surface area (TPSA) is 84.9 Å². The fourth-order valence-electron chi connectivity index (χ4n) is 2.71. The molecule has 1 fully saturated rings. The summed E-state index contributed by atoms with van der Waals surface area (Å²) >= 11 is 1.12.